The third-order valence-corrected chi connectivity index (χ3v) is 20.3. The molecular formula is C81H131N27O25S. The number of aliphatic carboxylic acids is 4. The van der Waals surface area contributed by atoms with Crippen LogP contribution in [0, 0.1) is 22.1 Å². The normalized spacial score (nSPS) is 14.3. The van der Waals surface area contributed by atoms with Crippen LogP contribution in [0.1, 0.15) is 147 Å². The van der Waals surface area contributed by atoms with E-state index in [1.807, 2.05) is 0 Å². The molecule has 0 saturated heterocycles. The summed E-state index contributed by atoms with van der Waals surface area (Å²) < 4.78 is 0. The number of amides is 15. The summed E-state index contributed by atoms with van der Waals surface area (Å²) >= 11 is 4.18. The molecule has 40 N–H and O–H groups in total. The smallest absolute Gasteiger partial charge is 0.326 e. The molecule has 15 amide bonds. The molecule has 134 heavy (non-hydrogen) atoms. The zero-order valence-corrected chi connectivity index (χ0v) is 75.3. The van der Waals surface area contributed by atoms with E-state index in [4.69, 9.17) is 56.4 Å². The number of aliphatic hydroxyl groups excluding tert-OH is 2. The Bertz CT molecular complexity index is 4280. The first kappa shape index (κ1) is 116. The van der Waals surface area contributed by atoms with Gasteiger partial charge in [0.1, 0.15) is 84.6 Å². The van der Waals surface area contributed by atoms with E-state index in [1.165, 1.54) is 12.1 Å². The first-order valence-electron chi connectivity index (χ1n) is 43.1. The molecule has 53 heteroatoms. The van der Waals surface area contributed by atoms with Gasteiger partial charge in [-0.2, -0.15) is 12.6 Å². The van der Waals surface area contributed by atoms with Crippen molar-refractivity contribution in [2.75, 3.05) is 51.7 Å². The van der Waals surface area contributed by atoms with Gasteiger partial charge in [-0.3, -0.25) is 103 Å². The molecule has 0 aliphatic rings. The summed E-state index contributed by atoms with van der Waals surface area (Å²) in [5.74, 6) is -26.6. The standard InChI is InChI=1S/C81H131N27O25S/c1-42(2)34-53(71(125)101-52(78(132)133)21-10-12-30-83)102-70(124)50(25-27-60(85)111)99-73(127)55(37-62(114)115)105-76(130)58(40-110)106-68(122)49(24-15-33-94-81(90)91)98-75(129)57(39-109)107-72(126)54(36-44-18-7-4-8-19-44)103-67(121)48(23-14-32-93-80(88)89)96-65(119)47(22-13-31-92-79(86)87)97-69(123)51(26-28-61(112)113)100-77(131)59(41-134)108-74(128)56(38-63(116)117)104-66(120)46(20-9-11-29-82)95-64(118)45(84)35-43-16-5-3-6-17-43/h3-8,16-19,42,45-59,109-110,134H,9-15,20-41,82-84H2,1-2H3,(H2,85,111)(H,95,118)(H,96,119)(H,97,123)(H,98,129)(H,99,127)(H,100,131)(H,101,125)(H,102,124)(H,103,121)(H,104,120)(H,105,130)(H,106,122)(H,107,126)(H,108,128)(H,112,113)(H,114,115)(H,116,117)(H,132,133)(H4,86,87,92)(H4,88,89,93)(H4,90,91,94)/t45-,46-,47-,48-,49-,50-,51-,52-,53-,54-,55-,56-,57-,58-,59-/m0/s1. The largest absolute Gasteiger partial charge is 0.481 e. The average molecular weight is 1920 g/mol. The van der Waals surface area contributed by atoms with Gasteiger partial charge < -0.3 is 161 Å². The van der Waals surface area contributed by atoms with Crippen molar-refractivity contribution in [2.24, 2.45) is 46.1 Å². The number of rotatable bonds is 68. The van der Waals surface area contributed by atoms with Crippen LogP contribution in [0.4, 0.5) is 0 Å². The fourth-order valence-corrected chi connectivity index (χ4v) is 13.1. The maximum atomic E-state index is 14.9. The van der Waals surface area contributed by atoms with Crippen LogP contribution < -0.4 is 131 Å². The minimum atomic E-state index is -2.17. The van der Waals surface area contributed by atoms with E-state index in [0.29, 0.717) is 30.4 Å². The van der Waals surface area contributed by atoms with Crippen molar-refractivity contribution in [2.45, 2.75) is 239 Å². The lowest BCUT2D eigenvalue weighted by molar-refractivity contribution is -0.143. The van der Waals surface area contributed by atoms with E-state index >= 15 is 0 Å². The van der Waals surface area contributed by atoms with Crippen molar-refractivity contribution in [1.29, 1.82) is 16.2 Å². The highest BCUT2D eigenvalue weighted by Crippen LogP contribution is 2.15. The molecule has 15 atom stereocenters. The van der Waals surface area contributed by atoms with Gasteiger partial charge in [0.2, 0.25) is 88.6 Å². The zero-order chi connectivity index (χ0) is 101. The Morgan fingerprint density at radius 1 is 0.328 bits per heavy atom. The Balaban J connectivity index is 2.63. The molecule has 0 heterocycles. The molecule has 746 valence electrons. The molecule has 2 rings (SSSR count). The lowest BCUT2D eigenvalue weighted by Gasteiger charge is -2.28. The van der Waals surface area contributed by atoms with E-state index in [1.54, 1.807) is 62.4 Å². The van der Waals surface area contributed by atoms with Crippen LogP contribution in [0.5, 0.6) is 0 Å². The lowest BCUT2D eigenvalue weighted by atomic mass is 10.0. The zero-order valence-electron chi connectivity index (χ0n) is 74.4. The SMILES string of the molecule is CC(C)C[C@H](NC(=O)[C@H](CCC(N)=O)NC(=O)[C@H](CC(=O)O)NC(=O)[C@H](CO)NC(=O)[C@H](CCCNC(=N)N)NC(=O)[C@H](CO)NC(=O)[C@H](Cc1ccccc1)NC(=O)[C@H](CCCNC(=N)N)NC(=O)[C@H](CCCNC(=N)N)NC(=O)[C@H](CCC(=O)O)NC(=O)[C@H](CS)NC(=O)[C@H](CC(=O)O)NC(=O)[C@H](CCCCN)NC(=O)[C@@H](N)Cc1ccccc1)C(=O)N[C@@H](CCCCN)C(=O)O. The van der Waals surface area contributed by atoms with Crippen LogP contribution in [0.25, 0.3) is 0 Å². The molecule has 52 nitrogen and oxygen atoms in total. The summed E-state index contributed by atoms with van der Waals surface area (Å²) in [5, 5.41) is 124. The molecule has 0 aliphatic carbocycles. The van der Waals surface area contributed by atoms with Gasteiger partial charge in [0, 0.05) is 44.6 Å². The highest BCUT2D eigenvalue weighted by molar-refractivity contribution is 7.80. The van der Waals surface area contributed by atoms with Crippen molar-refractivity contribution >= 4 is 143 Å². The third kappa shape index (κ3) is 47.4. The Morgan fingerprint density at radius 2 is 0.604 bits per heavy atom. The number of hydrogen-bond acceptors (Lipinski definition) is 28. The van der Waals surface area contributed by atoms with E-state index in [-0.39, 0.29) is 96.4 Å². The number of thiol groups is 1. The molecule has 2 aromatic carbocycles. The average Bonchev–Trinajstić information content (AvgIpc) is 0.849. The maximum Gasteiger partial charge on any atom is 0.326 e. The number of carboxylic acids is 4. The Labute approximate surface area is 776 Å². The highest BCUT2D eigenvalue weighted by atomic mass is 32.1. The van der Waals surface area contributed by atoms with Gasteiger partial charge in [0.25, 0.3) is 0 Å². The number of aliphatic hydroxyl groups is 2. The molecule has 0 bridgehead atoms. The minimum Gasteiger partial charge on any atom is -0.481 e. The van der Waals surface area contributed by atoms with Crippen LogP contribution in [0.3, 0.4) is 0 Å². The predicted octanol–water partition coefficient (Wildman–Crippen LogP) is -10.2. The Kier molecular flexibility index (Phi) is 55.1. The van der Waals surface area contributed by atoms with Crippen molar-refractivity contribution in [3.8, 4) is 0 Å². The number of hydrogen-bond donors (Lipinski definition) is 34. The number of carbonyl (C=O) groups excluding carboxylic acids is 15. The number of guanidine groups is 3. The summed E-state index contributed by atoms with van der Waals surface area (Å²) in [6, 6.07) is -10.1. The second-order valence-corrected chi connectivity index (χ2v) is 31.9. The third-order valence-electron chi connectivity index (χ3n) is 19.9. The molecule has 0 radical (unpaired) electrons. The van der Waals surface area contributed by atoms with Crippen molar-refractivity contribution in [1.82, 2.24) is 90.4 Å². The summed E-state index contributed by atoms with van der Waals surface area (Å²) in [5.41, 5.74) is 40.3. The van der Waals surface area contributed by atoms with Crippen LogP contribution in [-0.4, -0.2) is 303 Å². The van der Waals surface area contributed by atoms with Crippen LogP contribution >= 0.6 is 12.6 Å². The molecule has 0 saturated carbocycles. The molecule has 0 aliphatic heterocycles. The van der Waals surface area contributed by atoms with Crippen molar-refractivity contribution in [3.05, 3.63) is 71.8 Å². The monoisotopic (exact) mass is 1910 g/mol. The first-order valence-corrected chi connectivity index (χ1v) is 43.7. The molecule has 0 fully saturated rings. The number of carboxylic acid groups (broad SMARTS) is 4. The van der Waals surface area contributed by atoms with Gasteiger partial charge in [-0.05, 0) is 133 Å². The second kappa shape index (κ2) is 63.4. The molecule has 0 aromatic heterocycles. The van der Waals surface area contributed by atoms with E-state index < -0.39 is 298 Å². The lowest BCUT2D eigenvalue weighted by Crippen LogP contribution is -2.62. The minimum absolute atomic E-state index is 0.0368. The first-order chi connectivity index (χ1) is 63.4. The topological polar surface area (TPSA) is 904 Å². The quantitative estimate of drug-likeness (QED) is 0.0127. The Morgan fingerprint density at radius 3 is 0.940 bits per heavy atom. The predicted molar refractivity (Wildman–Crippen MR) is 483 cm³/mol. The summed E-state index contributed by atoms with van der Waals surface area (Å²) in [6.07, 6.45) is -5.88. The van der Waals surface area contributed by atoms with Gasteiger partial charge in [0.15, 0.2) is 17.9 Å². The highest BCUT2D eigenvalue weighted by Gasteiger charge is 2.40. The van der Waals surface area contributed by atoms with E-state index in [2.05, 4.69) is 103 Å². The van der Waals surface area contributed by atoms with Crippen LogP contribution in [-0.2, 0) is 104 Å². The number of unbranched alkanes of at least 4 members (excludes halogenated alkanes) is 2. The molecule has 2 aromatic rings. The van der Waals surface area contributed by atoms with E-state index in [0.717, 1.165) is 0 Å². The number of nitrogens with two attached hydrogens (primary N) is 7. The number of benzene rings is 2. The van der Waals surface area contributed by atoms with Gasteiger partial charge in [0.05, 0.1) is 32.1 Å². The van der Waals surface area contributed by atoms with Crippen molar-refractivity contribution < 1.29 is 122 Å². The second-order valence-electron chi connectivity index (χ2n) is 31.5. The molecular weight excluding hydrogens is 1780 g/mol. The molecule has 0 spiro atoms. The molecule has 0 unspecified atom stereocenters. The number of carbonyl (C=O) groups is 19. The summed E-state index contributed by atoms with van der Waals surface area (Å²) in [4.78, 5) is 260. The summed E-state index contributed by atoms with van der Waals surface area (Å²) in [7, 11) is 0. The van der Waals surface area contributed by atoms with Gasteiger partial charge >= 0.3 is 23.9 Å². The van der Waals surface area contributed by atoms with E-state index in [9.17, 15) is 122 Å². The van der Waals surface area contributed by atoms with Crippen LogP contribution in [0.2, 0.25) is 0 Å². The summed E-state index contributed by atoms with van der Waals surface area (Å²) in [6.45, 7) is 0.711. The number of primary amides is 1. The van der Waals surface area contributed by atoms with Gasteiger partial charge in [-0.1, -0.05) is 74.5 Å². The maximum absolute atomic E-state index is 14.9. The van der Waals surface area contributed by atoms with Gasteiger partial charge in [-0.25, -0.2) is 4.79 Å². The van der Waals surface area contributed by atoms with Crippen LogP contribution in [0.15, 0.2) is 60.7 Å². The fraction of sp³-hybridized carbons (Fsp3) is 0.580. The number of nitrogens with one attached hydrogen (secondary N) is 20. The van der Waals surface area contributed by atoms with Crippen molar-refractivity contribution in [3.63, 3.8) is 0 Å². The Hall–Kier alpha value is -13.7. The van der Waals surface area contributed by atoms with Gasteiger partial charge in [-0.15, -0.1) is 0 Å². The fourth-order valence-electron chi connectivity index (χ4n) is 12.9.